The third-order valence-corrected chi connectivity index (χ3v) is 3.34. The van der Waals surface area contributed by atoms with E-state index in [4.69, 9.17) is 5.11 Å². The predicted molar refractivity (Wildman–Crippen MR) is 56.7 cm³/mol. The standard InChI is InChI=1S/C10H14O4S/c1-7-5-10(15(2,13)14)8(3-4-11)6-9(7)12/h5-6,11-12H,3-4H2,1-2H3. The molecule has 0 aliphatic heterocycles. The molecule has 0 heterocycles. The Balaban J connectivity index is 3.42. The van der Waals surface area contributed by atoms with E-state index in [0.29, 0.717) is 11.1 Å². The molecule has 0 bridgehead atoms. The number of aliphatic hydroxyl groups is 1. The first-order valence-corrected chi connectivity index (χ1v) is 6.39. The molecule has 1 aromatic rings. The van der Waals surface area contributed by atoms with Gasteiger partial charge in [-0.25, -0.2) is 8.42 Å². The first kappa shape index (κ1) is 12.0. The highest BCUT2D eigenvalue weighted by molar-refractivity contribution is 7.90. The van der Waals surface area contributed by atoms with Crippen LogP contribution >= 0.6 is 0 Å². The summed E-state index contributed by atoms with van der Waals surface area (Å²) >= 11 is 0. The number of rotatable bonds is 3. The zero-order chi connectivity index (χ0) is 11.6. The van der Waals surface area contributed by atoms with Crippen LogP contribution in [0.3, 0.4) is 0 Å². The summed E-state index contributed by atoms with van der Waals surface area (Å²) in [5, 5.41) is 18.2. The van der Waals surface area contributed by atoms with Crippen molar-refractivity contribution in [3.05, 3.63) is 23.3 Å². The highest BCUT2D eigenvalue weighted by Crippen LogP contribution is 2.25. The first-order valence-electron chi connectivity index (χ1n) is 4.49. The van der Waals surface area contributed by atoms with Gasteiger partial charge in [0.1, 0.15) is 5.75 Å². The van der Waals surface area contributed by atoms with Gasteiger partial charge in [-0.1, -0.05) is 0 Å². The second-order valence-corrected chi connectivity index (χ2v) is 5.48. The molecule has 0 aromatic heterocycles. The lowest BCUT2D eigenvalue weighted by molar-refractivity contribution is 0.298. The molecule has 0 fully saturated rings. The van der Waals surface area contributed by atoms with Gasteiger partial charge in [0, 0.05) is 12.9 Å². The summed E-state index contributed by atoms with van der Waals surface area (Å²) in [4.78, 5) is 0.173. The number of phenolic OH excluding ortho intramolecular Hbond substituents is 1. The van der Waals surface area contributed by atoms with Crippen molar-refractivity contribution in [2.24, 2.45) is 0 Å². The molecule has 4 nitrogen and oxygen atoms in total. The van der Waals surface area contributed by atoms with Crippen molar-refractivity contribution >= 4 is 9.84 Å². The number of phenols is 1. The van der Waals surface area contributed by atoms with E-state index in [1.807, 2.05) is 0 Å². The lowest BCUT2D eigenvalue weighted by Gasteiger charge is -2.09. The zero-order valence-corrected chi connectivity index (χ0v) is 9.50. The summed E-state index contributed by atoms with van der Waals surface area (Å²) in [7, 11) is -3.32. The van der Waals surface area contributed by atoms with Crippen molar-refractivity contribution in [1.82, 2.24) is 0 Å². The van der Waals surface area contributed by atoms with E-state index in [-0.39, 0.29) is 23.7 Å². The average molecular weight is 230 g/mol. The molecule has 0 saturated heterocycles. The number of aryl methyl sites for hydroxylation is 1. The summed E-state index contributed by atoms with van der Waals surface area (Å²) in [6, 6.07) is 2.82. The Bertz CT molecular complexity index is 463. The minimum atomic E-state index is -3.32. The third kappa shape index (κ3) is 2.70. The topological polar surface area (TPSA) is 74.6 Å². The number of hydrogen-bond donors (Lipinski definition) is 2. The van der Waals surface area contributed by atoms with Crippen LogP contribution in [0.1, 0.15) is 11.1 Å². The predicted octanol–water partition coefficient (Wildman–Crippen LogP) is 0.639. The normalized spacial score (nSPS) is 11.7. The second kappa shape index (κ2) is 4.20. The van der Waals surface area contributed by atoms with Crippen molar-refractivity contribution in [3.8, 4) is 5.75 Å². The smallest absolute Gasteiger partial charge is 0.175 e. The molecule has 0 radical (unpaired) electrons. The van der Waals surface area contributed by atoms with Crippen LogP contribution in [0.15, 0.2) is 17.0 Å². The van der Waals surface area contributed by atoms with Crippen molar-refractivity contribution in [3.63, 3.8) is 0 Å². The van der Waals surface area contributed by atoms with E-state index in [2.05, 4.69) is 0 Å². The van der Waals surface area contributed by atoms with Crippen LogP contribution in [-0.4, -0.2) is 31.5 Å². The van der Waals surface area contributed by atoms with E-state index in [1.54, 1.807) is 6.92 Å². The van der Waals surface area contributed by atoms with E-state index < -0.39 is 9.84 Å². The van der Waals surface area contributed by atoms with E-state index in [0.717, 1.165) is 6.26 Å². The third-order valence-electron chi connectivity index (χ3n) is 2.16. The van der Waals surface area contributed by atoms with Crippen molar-refractivity contribution in [2.75, 3.05) is 12.9 Å². The molecule has 15 heavy (non-hydrogen) atoms. The van der Waals surface area contributed by atoms with Gasteiger partial charge >= 0.3 is 0 Å². The van der Waals surface area contributed by atoms with Crippen LogP contribution in [-0.2, 0) is 16.3 Å². The van der Waals surface area contributed by atoms with Crippen LogP contribution < -0.4 is 0 Å². The second-order valence-electron chi connectivity index (χ2n) is 3.49. The fourth-order valence-corrected chi connectivity index (χ4v) is 2.40. The van der Waals surface area contributed by atoms with E-state index in [1.165, 1.54) is 12.1 Å². The molecule has 5 heteroatoms. The van der Waals surface area contributed by atoms with Gasteiger partial charge in [0.2, 0.25) is 0 Å². The summed E-state index contributed by atoms with van der Waals surface area (Å²) < 4.78 is 22.9. The van der Waals surface area contributed by atoms with Crippen LogP contribution in [0.25, 0.3) is 0 Å². The maximum absolute atomic E-state index is 11.4. The summed E-state index contributed by atoms with van der Waals surface area (Å²) in [5.41, 5.74) is 0.959. The Morgan fingerprint density at radius 3 is 2.40 bits per heavy atom. The van der Waals surface area contributed by atoms with Crippen LogP contribution in [0.5, 0.6) is 5.75 Å². The van der Waals surface area contributed by atoms with Crippen molar-refractivity contribution in [1.29, 1.82) is 0 Å². The SMILES string of the molecule is Cc1cc(S(C)(=O)=O)c(CCO)cc1O. The Kier molecular flexibility index (Phi) is 3.36. The van der Waals surface area contributed by atoms with Gasteiger partial charge in [0.25, 0.3) is 0 Å². The maximum atomic E-state index is 11.4. The minimum absolute atomic E-state index is 0.0471. The lowest BCUT2D eigenvalue weighted by Crippen LogP contribution is -2.04. The van der Waals surface area contributed by atoms with Crippen molar-refractivity contribution < 1.29 is 18.6 Å². The molecule has 0 spiro atoms. The molecule has 0 unspecified atom stereocenters. The van der Waals surface area contributed by atoms with E-state index in [9.17, 15) is 13.5 Å². The summed E-state index contributed by atoms with van der Waals surface area (Å²) in [6.45, 7) is 1.48. The summed E-state index contributed by atoms with van der Waals surface area (Å²) in [5.74, 6) is 0.0471. The van der Waals surface area contributed by atoms with Gasteiger partial charge in [0.15, 0.2) is 9.84 Å². The quantitative estimate of drug-likeness (QED) is 0.799. The Hall–Kier alpha value is -1.07. The molecular weight excluding hydrogens is 216 g/mol. The van der Waals surface area contributed by atoms with Crippen LogP contribution in [0.2, 0.25) is 0 Å². The minimum Gasteiger partial charge on any atom is -0.508 e. The largest absolute Gasteiger partial charge is 0.508 e. The Morgan fingerprint density at radius 2 is 1.93 bits per heavy atom. The monoisotopic (exact) mass is 230 g/mol. The average Bonchev–Trinajstić information content (AvgIpc) is 2.09. The van der Waals surface area contributed by atoms with Gasteiger partial charge in [-0.2, -0.15) is 0 Å². The number of aromatic hydroxyl groups is 1. The van der Waals surface area contributed by atoms with E-state index >= 15 is 0 Å². The molecule has 1 aromatic carbocycles. The molecule has 1 rings (SSSR count). The highest BCUT2D eigenvalue weighted by atomic mass is 32.2. The lowest BCUT2D eigenvalue weighted by atomic mass is 10.1. The number of benzene rings is 1. The molecule has 0 saturated carbocycles. The molecule has 0 atom stereocenters. The first-order chi connectivity index (χ1) is 6.86. The Morgan fingerprint density at radius 1 is 1.33 bits per heavy atom. The maximum Gasteiger partial charge on any atom is 0.175 e. The van der Waals surface area contributed by atoms with Gasteiger partial charge in [-0.15, -0.1) is 0 Å². The molecule has 0 aliphatic carbocycles. The van der Waals surface area contributed by atoms with Gasteiger partial charge in [-0.05, 0) is 36.6 Å². The molecule has 2 N–H and O–H groups in total. The molecule has 84 valence electrons. The Labute approximate surface area is 89.1 Å². The van der Waals surface area contributed by atoms with Crippen LogP contribution in [0, 0.1) is 6.92 Å². The molecule has 0 amide bonds. The number of sulfone groups is 1. The number of aliphatic hydroxyl groups excluding tert-OH is 1. The highest BCUT2D eigenvalue weighted by Gasteiger charge is 2.15. The van der Waals surface area contributed by atoms with Crippen LogP contribution in [0.4, 0.5) is 0 Å². The van der Waals surface area contributed by atoms with Gasteiger partial charge in [0.05, 0.1) is 4.90 Å². The summed E-state index contributed by atoms with van der Waals surface area (Å²) in [6.07, 6.45) is 1.33. The van der Waals surface area contributed by atoms with Gasteiger partial charge in [-0.3, -0.25) is 0 Å². The van der Waals surface area contributed by atoms with Gasteiger partial charge < -0.3 is 10.2 Å². The fraction of sp³-hybridized carbons (Fsp3) is 0.400. The fourth-order valence-electron chi connectivity index (χ4n) is 1.37. The molecule has 0 aliphatic rings. The molecular formula is C10H14O4S. The number of hydrogen-bond acceptors (Lipinski definition) is 4. The van der Waals surface area contributed by atoms with Crippen molar-refractivity contribution in [2.45, 2.75) is 18.2 Å². The zero-order valence-electron chi connectivity index (χ0n) is 8.69.